The highest BCUT2D eigenvalue weighted by molar-refractivity contribution is 7.09. The van der Waals surface area contributed by atoms with Crippen LogP contribution in [0.25, 0.3) is 11.3 Å². The second kappa shape index (κ2) is 5.12. The molecule has 0 N–H and O–H groups in total. The van der Waals surface area contributed by atoms with E-state index in [-0.39, 0.29) is 0 Å². The van der Waals surface area contributed by atoms with Gasteiger partial charge in [0.2, 0.25) is 0 Å². The molecule has 0 aliphatic heterocycles. The van der Waals surface area contributed by atoms with Gasteiger partial charge in [-0.2, -0.15) is 0 Å². The van der Waals surface area contributed by atoms with Gasteiger partial charge in [-0.15, -0.1) is 11.3 Å². The molecular formula is C13H15NOS. The van der Waals surface area contributed by atoms with Crippen molar-refractivity contribution in [3.05, 3.63) is 34.7 Å². The quantitative estimate of drug-likeness (QED) is 0.802. The maximum Gasteiger partial charge on any atom is 0.119 e. The second-order valence-electron chi connectivity index (χ2n) is 3.44. The normalized spacial score (nSPS) is 10.4. The van der Waals surface area contributed by atoms with Crippen LogP contribution in [0.1, 0.15) is 18.9 Å². The third-order valence-electron chi connectivity index (χ3n) is 2.32. The first-order chi connectivity index (χ1) is 7.83. The van der Waals surface area contributed by atoms with Gasteiger partial charge in [-0.05, 0) is 37.6 Å². The van der Waals surface area contributed by atoms with E-state index in [1.807, 2.05) is 19.1 Å². The molecule has 0 spiro atoms. The maximum atomic E-state index is 5.41. The second-order valence-corrected chi connectivity index (χ2v) is 4.38. The molecule has 0 radical (unpaired) electrons. The lowest BCUT2D eigenvalue weighted by Gasteiger charge is -2.03. The lowest BCUT2D eigenvalue weighted by Crippen LogP contribution is -1.90. The monoisotopic (exact) mass is 233 g/mol. The van der Waals surface area contributed by atoms with Crippen molar-refractivity contribution in [1.29, 1.82) is 0 Å². The van der Waals surface area contributed by atoms with Crippen molar-refractivity contribution in [2.45, 2.75) is 20.3 Å². The zero-order chi connectivity index (χ0) is 11.4. The summed E-state index contributed by atoms with van der Waals surface area (Å²) >= 11 is 1.72. The topological polar surface area (TPSA) is 22.1 Å². The fraction of sp³-hybridized carbons (Fsp3) is 0.308. The molecule has 0 amide bonds. The first kappa shape index (κ1) is 11.1. The van der Waals surface area contributed by atoms with Crippen LogP contribution in [0.2, 0.25) is 0 Å². The van der Waals surface area contributed by atoms with E-state index in [1.54, 1.807) is 11.3 Å². The van der Waals surface area contributed by atoms with E-state index in [2.05, 4.69) is 29.4 Å². The van der Waals surface area contributed by atoms with E-state index in [4.69, 9.17) is 4.74 Å². The molecule has 2 nitrogen and oxygen atoms in total. The Morgan fingerprint density at radius 2 is 1.94 bits per heavy atom. The van der Waals surface area contributed by atoms with Crippen molar-refractivity contribution >= 4 is 11.3 Å². The van der Waals surface area contributed by atoms with Gasteiger partial charge in [-0.25, -0.2) is 4.98 Å². The molecule has 0 fully saturated rings. The van der Waals surface area contributed by atoms with Crippen LogP contribution in [0.15, 0.2) is 29.6 Å². The first-order valence-electron chi connectivity index (χ1n) is 5.51. The number of ether oxygens (including phenoxy) is 1. The minimum absolute atomic E-state index is 0.704. The van der Waals surface area contributed by atoms with Crippen LogP contribution in [0.3, 0.4) is 0 Å². The zero-order valence-electron chi connectivity index (χ0n) is 9.56. The Labute approximate surface area is 99.9 Å². The molecule has 3 heteroatoms. The number of hydrogen-bond acceptors (Lipinski definition) is 3. The van der Waals surface area contributed by atoms with Crippen molar-refractivity contribution in [3.8, 4) is 17.0 Å². The molecule has 1 aromatic carbocycles. The minimum Gasteiger partial charge on any atom is -0.494 e. The summed E-state index contributed by atoms with van der Waals surface area (Å²) in [6, 6.07) is 8.09. The summed E-state index contributed by atoms with van der Waals surface area (Å²) in [4.78, 5) is 4.55. The SMILES string of the molecule is CCOc1ccc(-c2csc(CC)n2)cc1. The predicted molar refractivity (Wildman–Crippen MR) is 68.1 cm³/mol. The van der Waals surface area contributed by atoms with Crippen LogP contribution in [0.4, 0.5) is 0 Å². The fourth-order valence-electron chi connectivity index (χ4n) is 1.49. The number of aromatic nitrogens is 1. The average Bonchev–Trinajstić information content (AvgIpc) is 2.79. The Kier molecular flexibility index (Phi) is 3.57. The molecule has 84 valence electrons. The predicted octanol–water partition coefficient (Wildman–Crippen LogP) is 3.77. The smallest absolute Gasteiger partial charge is 0.119 e. The van der Waals surface area contributed by atoms with Crippen molar-refractivity contribution in [1.82, 2.24) is 4.98 Å². The summed E-state index contributed by atoms with van der Waals surface area (Å²) in [5.74, 6) is 0.914. The molecular weight excluding hydrogens is 218 g/mol. The third-order valence-corrected chi connectivity index (χ3v) is 3.31. The summed E-state index contributed by atoms with van der Waals surface area (Å²) in [7, 11) is 0. The highest BCUT2D eigenvalue weighted by atomic mass is 32.1. The van der Waals surface area contributed by atoms with Gasteiger partial charge in [0.1, 0.15) is 5.75 Å². The van der Waals surface area contributed by atoms with Crippen molar-refractivity contribution in [2.24, 2.45) is 0 Å². The summed E-state index contributed by atoms with van der Waals surface area (Å²) < 4.78 is 5.41. The molecule has 0 saturated carbocycles. The Morgan fingerprint density at radius 3 is 2.50 bits per heavy atom. The fourth-order valence-corrected chi connectivity index (χ4v) is 2.25. The number of nitrogens with zero attached hydrogens (tertiary/aromatic N) is 1. The van der Waals surface area contributed by atoms with Gasteiger partial charge in [0.25, 0.3) is 0 Å². The molecule has 0 unspecified atom stereocenters. The van der Waals surface area contributed by atoms with Gasteiger partial charge in [0, 0.05) is 10.9 Å². The van der Waals surface area contributed by atoms with Gasteiger partial charge in [-0.3, -0.25) is 0 Å². The van der Waals surface area contributed by atoms with Crippen LogP contribution in [-0.4, -0.2) is 11.6 Å². The number of aryl methyl sites for hydroxylation is 1. The van der Waals surface area contributed by atoms with Crippen molar-refractivity contribution in [2.75, 3.05) is 6.61 Å². The average molecular weight is 233 g/mol. The Bertz CT molecular complexity index is 447. The molecule has 16 heavy (non-hydrogen) atoms. The van der Waals surface area contributed by atoms with Crippen LogP contribution in [0.5, 0.6) is 5.75 Å². The van der Waals surface area contributed by atoms with Gasteiger partial charge >= 0.3 is 0 Å². The molecule has 0 atom stereocenters. The number of hydrogen-bond donors (Lipinski definition) is 0. The highest BCUT2D eigenvalue weighted by Gasteiger charge is 2.03. The van der Waals surface area contributed by atoms with Crippen LogP contribution >= 0.6 is 11.3 Å². The zero-order valence-corrected chi connectivity index (χ0v) is 10.4. The maximum absolute atomic E-state index is 5.41. The molecule has 1 heterocycles. The molecule has 0 saturated heterocycles. The van der Waals surface area contributed by atoms with E-state index in [1.165, 1.54) is 5.01 Å². The largest absolute Gasteiger partial charge is 0.494 e. The molecule has 0 aliphatic carbocycles. The summed E-state index contributed by atoms with van der Waals surface area (Å²) in [5, 5.41) is 3.29. The third kappa shape index (κ3) is 2.42. The lowest BCUT2D eigenvalue weighted by atomic mass is 10.2. The minimum atomic E-state index is 0.704. The number of rotatable bonds is 4. The molecule has 0 aliphatic rings. The van der Waals surface area contributed by atoms with E-state index < -0.39 is 0 Å². The van der Waals surface area contributed by atoms with Crippen LogP contribution in [-0.2, 0) is 6.42 Å². The van der Waals surface area contributed by atoms with E-state index in [9.17, 15) is 0 Å². The summed E-state index contributed by atoms with van der Waals surface area (Å²) in [6.07, 6.45) is 1.00. The van der Waals surface area contributed by atoms with Gasteiger partial charge in [0.15, 0.2) is 0 Å². The van der Waals surface area contributed by atoms with Gasteiger partial charge < -0.3 is 4.74 Å². The number of thiazole rings is 1. The van der Waals surface area contributed by atoms with Crippen LogP contribution in [0, 0.1) is 0 Å². The summed E-state index contributed by atoms with van der Waals surface area (Å²) in [6.45, 7) is 4.82. The highest BCUT2D eigenvalue weighted by Crippen LogP contribution is 2.24. The van der Waals surface area contributed by atoms with E-state index >= 15 is 0 Å². The van der Waals surface area contributed by atoms with Gasteiger partial charge in [0.05, 0.1) is 17.3 Å². The van der Waals surface area contributed by atoms with E-state index in [0.717, 1.165) is 23.4 Å². The van der Waals surface area contributed by atoms with Crippen molar-refractivity contribution in [3.63, 3.8) is 0 Å². The standard InChI is InChI=1S/C13H15NOS/c1-3-13-14-12(9-16-13)10-5-7-11(8-6-10)15-4-2/h5-9H,3-4H2,1-2H3. The molecule has 2 rings (SSSR count). The van der Waals surface area contributed by atoms with Gasteiger partial charge in [-0.1, -0.05) is 6.92 Å². The number of benzene rings is 1. The Balaban J connectivity index is 2.20. The van der Waals surface area contributed by atoms with E-state index in [0.29, 0.717) is 6.61 Å². The Morgan fingerprint density at radius 1 is 1.19 bits per heavy atom. The molecule has 2 aromatic rings. The Hall–Kier alpha value is -1.35. The molecule has 1 aromatic heterocycles. The molecule has 0 bridgehead atoms. The summed E-state index contributed by atoms with van der Waals surface area (Å²) in [5.41, 5.74) is 2.21. The first-order valence-corrected chi connectivity index (χ1v) is 6.39. The van der Waals surface area contributed by atoms with Crippen LogP contribution < -0.4 is 4.74 Å². The lowest BCUT2D eigenvalue weighted by molar-refractivity contribution is 0.340. The van der Waals surface area contributed by atoms with Crippen molar-refractivity contribution < 1.29 is 4.74 Å².